The molecule has 0 atom stereocenters. The minimum atomic E-state index is -0.515. The van der Waals surface area contributed by atoms with Crippen molar-refractivity contribution in [3.05, 3.63) is 129 Å². The molecule has 5 rings (SSSR count). The number of para-hydroxylation sites is 2. The Balaban J connectivity index is 1.63. The Labute approximate surface area is 226 Å². The molecule has 0 spiro atoms. The first-order chi connectivity index (χ1) is 17.5. The number of rotatable bonds is 6. The maximum atomic E-state index is 13.4. The Morgan fingerprint density at radius 3 is 2.22 bits per heavy atom. The van der Waals surface area contributed by atoms with Gasteiger partial charge in [-0.25, -0.2) is 9.78 Å². The molecule has 7 heteroatoms. The second-order valence-corrected chi connectivity index (χ2v) is 9.77. The Bertz CT molecular complexity index is 1580. The zero-order valence-corrected chi connectivity index (χ0v) is 22.0. The van der Waals surface area contributed by atoms with Gasteiger partial charge >= 0.3 is 5.97 Å². The molecule has 0 bridgehead atoms. The second-order valence-electron chi connectivity index (χ2n) is 8.04. The van der Waals surface area contributed by atoms with Gasteiger partial charge in [-0.1, -0.05) is 81.6 Å². The Hall–Kier alpha value is -3.38. The number of carbonyl (C=O) groups excluding carboxylic acids is 1. The third-order valence-electron chi connectivity index (χ3n) is 5.64. The summed E-state index contributed by atoms with van der Waals surface area (Å²) in [6.45, 7) is 0.563. The number of aromatic nitrogens is 2. The number of hydrogen-bond donors (Lipinski definition) is 0. The second kappa shape index (κ2) is 10.7. The van der Waals surface area contributed by atoms with Crippen molar-refractivity contribution in [1.82, 2.24) is 9.55 Å². The summed E-state index contributed by atoms with van der Waals surface area (Å²) < 4.78 is 8.78. The van der Waals surface area contributed by atoms with Crippen LogP contribution in [0.1, 0.15) is 17.0 Å². The lowest BCUT2D eigenvalue weighted by Crippen LogP contribution is -2.11. The summed E-state index contributed by atoms with van der Waals surface area (Å²) in [7, 11) is 0. The standard InChI is InChI=1S/C29H19BrCl2N2O2/c30-25-6-2-1-5-20(25)18-34-27-8-4-3-7-26(27)33-28(34)17-24(19-9-11-21(31)12-10-19)29(35)36-23-15-13-22(32)14-16-23/h1-17H,18H2/b24-17-. The van der Waals surface area contributed by atoms with Crippen LogP contribution in [0.25, 0.3) is 22.7 Å². The van der Waals surface area contributed by atoms with E-state index < -0.39 is 5.97 Å². The molecule has 0 saturated carbocycles. The molecule has 36 heavy (non-hydrogen) atoms. The van der Waals surface area contributed by atoms with Crippen LogP contribution in [0.5, 0.6) is 5.75 Å². The number of fused-ring (bicyclic) bond motifs is 1. The average molecular weight is 578 g/mol. The van der Waals surface area contributed by atoms with E-state index in [-0.39, 0.29) is 0 Å². The zero-order valence-electron chi connectivity index (χ0n) is 18.9. The van der Waals surface area contributed by atoms with Crippen molar-refractivity contribution in [2.75, 3.05) is 0 Å². The minimum absolute atomic E-state index is 0.352. The van der Waals surface area contributed by atoms with E-state index >= 15 is 0 Å². The fourth-order valence-corrected chi connectivity index (χ4v) is 4.51. The Kier molecular flexibility index (Phi) is 7.23. The molecule has 0 unspecified atom stereocenters. The first kappa shape index (κ1) is 24.3. The molecule has 1 aromatic heterocycles. The quantitative estimate of drug-likeness (QED) is 0.116. The normalized spacial score (nSPS) is 11.6. The summed E-state index contributed by atoms with van der Waals surface area (Å²) in [5.74, 6) is 0.509. The topological polar surface area (TPSA) is 44.1 Å². The van der Waals surface area contributed by atoms with Crippen molar-refractivity contribution in [2.24, 2.45) is 0 Å². The fourth-order valence-electron chi connectivity index (χ4n) is 3.85. The number of nitrogens with zero attached hydrogens (tertiary/aromatic N) is 2. The molecule has 0 aliphatic rings. The van der Waals surface area contributed by atoms with E-state index in [1.807, 2.05) is 42.5 Å². The van der Waals surface area contributed by atoms with Gasteiger partial charge in [-0.3, -0.25) is 0 Å². The lowest BCUT2D eigenvalue weighted by atomic mass is 10.1. The highest BCUT2D eigenvalue weighted by molar-refractivity contribution is 9.10. The molecule has 0 aliphatic carbocycles. The monoisotopic (exact) mass is 576 g/mol. The van der Waals surface area contributed by atoms with Gasteiger partial charge in [-0.2, -0.15) is 0 Å². The average Bonchev–Trinajstić information content (AvgIpc) is 3.23. The lowest BCUT2D eigenvalue weighted by molar-refractivity contribution is -0.127. The van der Waals surface area contributed by atoms with Crippen molar-refractivity contribution in [2.45, 2.75) is 6.54 Å². The van der Waals surface area contributed by atoms with Crippen molar-refractivity contribution < 1.29 is 9.53 Å². The van der Waals surface area contributed by atoms with Crippen LogP contribution in [0.15, 0.2) is 102 Å². The van der Waals surface area contributed by atoms with Crippen LogP contribution in [0.2, 0.25) is 10.0 Å². The van der Waals surface area contributed by atoms with Gasteiger partial charge in [-0.05, 0) is 71.8 Å². The molecule has 0 radical (unpaired) electrons. The minimum Gasteiger partial charge on any atom is -0.423 e. The fraction of sp³-hybridized carbons (Fsp3) is 0.0345. The molecule has 0 saturated heterocycles. The van der Waals surface area contributed by atoms with E-state index in [0.29, 0.717) is 39.3 Å². The Morgan fingerprint density at radius 1 is 0.861 bits per heavy atom. The molecular formula is C29H19BrCl2N2O2. The smallest absolute Gasteiger partial charge is 0.344 e. The van der Waals surface area contributed by atoms with Crippen LogP contribution in [0.4, 0.5) is 0 Å². The maximum Gasteiger partial charge on any atom is 0.344 e. The third kappa shape index (κ3) is 5.39. The summed E-state index contributed by atoms with van der Waals surface area (Å²) in [5, 5.41) is 1.13. The van der Waals surface area contributed by atoms with E-state index in [9.17, 15) is 4.79 Å². The molecule has 178 valence electrons. The van der Waals surface area contributed by atoms with Gasteiger partial charge in [0.05, 0.1) is 23.2 Å². The molecule has 0 amide bonds. The summed E-state index contributed by atoms with van der Waals surface area (Å²) in [6.07, 6.45) is 1.76. The highest BCUT2D eigenvalue weighted by Crippen LogP contribution is 2.27. The van der Waals surface area contributed by atoms with Crippen LogP contribution in [0, 0.1) is 0 Å². The predicted octanol–water partition coefficient (Wildman–Crippen LogP) is 8.30. The van der Waals surface area contributed by atoms with Gasteiger partial charge in [0.2, 0.25) is 0 Å². The summed E-state index contributed by atoms with van der Waals surface area (Å²) >= 11 is 15.7. The van der Waals surface area contributed by atoms with Gasteiger partial charge < -0.3 is 9.30 Å². The highest BCUT2D eigenvalue weighted by atomic mass is 79.9. The molecule has 4 aromatic carbocycles. The summed E-state index contributed by atoms with van der Waals surface area (Å²) in [6, 6.07) is 29.6. The van der Waals surface area contributed by atoms with Crippen molar-refractivity contribution in [3.8, 4) is 5.75 Å². The van der Waals surface area contributed by atoms with Gasteiger partial charge in [-0.15, -0.1) is 0 Å². The van der Waals surface area contributed by atoms with Gasteiger partial charge in [0.1, 0.15) is 11.6 Å². The van der Waals surface area contributed by atoms with Crippen LogP contribution in [-0.4, -0.2) is 15.5 Å². The van der Waals surface area contributed by atoms with Crippen LogP contribution in [-0.2, 0) is 11.3 Å². The first-order valence-corrected chi connectivity index (χ1v) is 12.7. The van der Waals surface area contributed by atoms with E-state index in [1.165, 1.54) is 0 Å². The molecule has 4 nitrogen and oxygen atoms in total. The number of esters is 1. The van der Waals surface area contributed by atoms with E-state index in [1.54, 1.807) is 54.6 Å². The number of imidazole rings is 1. The number of halogens is 3. The molecule has 0 N–H and O–H groups in total. The maximum absolute atomic E-state index is 13.4. The molecule has 0 aliphatic heterocycles. The molecule has 5 aromatic rings. The SMILES string of the molecule is O=C(Oc1ccc(Cl)cc1)/C(=C\c1nc2ccccc2n1Cc1ccccc1Br)c1ccc(Cl)cc1. The van der Waals surface area contributed by atoms with Crippen molar-refractivity contribution >= 4 is 67.8 Å². The van der Waals surface area contributed by atoms with Crippen LogP contribution >= 0.6 is 39.1 Å². The van der Waals surface area contributed by atoms with E-state index in [0.717, 1.165) is 21.1 Å². The van der Waals surface area contributed by atoms with Crippen LogP contribution in [0.3, 0.4) is 0 Å². The zero-order chi connectivity index (χ0) is 25.1. The predicted molar refractivity (Wildman–Crippen MR) is 149 cm³/mol. The van der Waals surface area contributed by atoms with Gasteiger partial charge in [0, 0.05) is 14.5 Å². The van der Waals surface area contributed by atoms with Gasteiger partial charge in [0.15, 0.2) is 0 Å². The molecular weight excluding hydrogens is 559 g/mol. The van der Waals surface area contributed by atoms with Crippen LogP contribution < -0.4 is 4.74 Å². The number of carbonyl (C=O) groups is 1. The summed E-state index contributed by atoms with van der Waals surface area (Å²) in [4.78, 5) is 18.3. The summed E-state index contributed by atoms with van der Waals surface area (Å²) in [5.41, 5.74) is 3.90. The van der Waals surface area contributed by atoms with Crippen molar-refractivity contribution in [1.29, 1.82) is 0 Å². The first-order valence-electron chi connectivity index (χ1n) is 11.1. The van der Waals surface area contributed by atoms with Gasteiger partial charge in [0.25, 0.3) is 0 Å². The largest absolute Gasteiger partial charge is 0.423 e. The lowest BCUT2D eigenvalue weighted by Gasteiger charge is -2.12. The van der Waals surface area contributed by atoms with E-state index in [4.69, 9.17) is 32.9 Å². The van der Waals surface area contributed by atoms with Crippen molar-refractivity contribution in [3.63, 3.8) is 0 Å². The number of benzene rings is 4. The molecule has 0 fully saturated rings. The Morgan fingerprint density at radius 2 is 1.50 bits per heavy atom. The van der Waals surface area contributed by atoms with E-state index in [2.05, 4.69) is 26.6 Å². The number of ether oxygens (including phenoxy) is 1. The highest BCUT2D eigenvalue weighted by Gasteiger charge is 2.18. The molecule has 1 heterocycles. The number of hydrogen-bond acceptors (Lipinski definition) is 3. The third-order valence-corrected chi connectivity index (χ3v) is 6.92.